The Morgan fingerprint density at radius 1 is 1.25 bits per heavy atom. The molecular formula is C16H22N2O2. The van der Waals surface area contributed by atoms with Gasteiger partial charge in [0.2, 0.25) is 11.8 Å². The van der Waals surface area contributed by atoms with Gasteiger partial charge in [-0.3, -0.25) is 14.5 Å². The quantitative estimate of drug-likeness (QED) is 0.858. The Labute approximate surface area is 119 Å². The van der Waals surface area contributed by atoms with Crippen LogP contribution in [0.4, 0.5) is 0 Å². The van der Waals surface area contributed by atoms with Gasteiger partial charge in [-0.15, -0.1) is 0 Å². The predicted octanol–water partition coefficient (Wildman–Crippen LogP) is 2.09. The number of benzene rings is 1. The number of aryl methyl sites for hydroxylation is 2. The molecule has 0 saturated carbocycles. The second kappa shape index (κ2) is 5.02. The number of hydrogen-bond acceptors (Lipinski definition) is 3. The minimum Gasteiger partial charge on any atom is -0.322 e. The fourth-order valence-electron chi connectivity index (χ4n) is 2.51. The van der Waals surface area contributed by atoms with E-state index < -0.39 is 5.41 Å². The summed E-state index contributed by atoms with van der Waals surface area (Å²) in [6.07, 6.45) is 0.269. The van der Waals surface area contributed by atoms with Gasteiger partial charge in [-0.25, -0.2) is 0 Å². The van der Waals surface area contributed by atoms with Gasteiger partial charge >= 0.3 is 0 Å². The first-order valence-electron chi connectivity index (χ1n) is 6.90. The molecule has 2 amide bonds. The third kappa shape index (κ3) is 2.61. The first-order chi connectivity index (χ1) is 9.22. The number of carbonyl (C=O) groups is 2. The topological polar surface area (TPSA) is 63.4 Å². The average molecular weight is 274 g/mol. The van der Waals surface area contributed by atoms with Crippen LogP contribution in [0.1, 0.15) is 43.0 Å². The molecule has 1 aliphatic heterocycles. The minimum atomic E-state index is -0.597. The van der Waals surface area contributed by atoms with Gasteiger partial charge in [0, 0.05) is 19.0 Å². The lowest BCUT2D eigenvalue weighted by atomic mass is 9.92. The molecule has 2 N–H and O–H groups in total. The molecule has 1 atom stereocenters. The first kappa shape index (κ1) is 14.7. The van der Waals surface area contributed by atoms with Crippen molar-refractivity contribution in [2.75, 3.05) is 6.54 Å². The van der Waals surface area contributed by atoms with E-state index in [-0.39, 0.29) is 30.8 Å². The zero-order valence-corrected chi connectivity index (χ0v) is 12.6. The van der Waals surface area contributed by atoms with E-state index in [1.54, 1.807) is 13.8 Å². The largest absolute Gasteiger partial charge is 0.322 e. The standard InChI is InChI=1S/C16H22N2O2/c1-10-5-6-12(7-11(10)2)13(17)9-18-14(19)8-16(3,4)15(18)20/h5-7,13H,8-9,17H2,1-4H3. The maximum absolute atomic E-state index is 12.2. The van der Waals surface area contributed by atoms with Gasteiger partial charge in [0.1, 0.15) is 0 Å². The Bertz CT molecular complexity index is 564. The van der Waals surface area contributed by atoms with E-state index in [0.717, 1.165) is 11.1 Å². The molecule has 108 valence electrons. The molecule has 0 aromatic heterocycles. The van der Waals surface area contributed by atoms with Crippen molar-refractivity contribution in [3.8, 4) is 0 Å². The lowest BCUT2D eigenvalue weighted by Crippen LogP contribution is -2.38. The number of amides is 2. The molecule has 1 aromatic carbocycles. The van der Waals surface area contributed by atoms with Crippen LogP contribution in [-0.4, -0.2) is 23.3 Å². The molecule has 4 heteroatoms. The summed E-state index contributed by atoms with van der Waals surface area (Å²) in [5.74, 6) is -0.249. The molecule has 1 unspecified atom stereocenters. The number of nitrogens with zero attached hydrogens (tertiary/aromatic N) is 1. The van der Waals surface area contributed by atoms with Crippen molar-refractivity contribution in [1.82, 2.24) is 4.90 Å². The highest BCUT2D eigenvalue weighted by Gasteiger charge is 2.45. The average Bonchev–Trinajstić information content (AvgIpc) is 2.55. The lowest BCUT2D eigenvalue weighted by Gasteiger charge is -2.22. The van der Waals surface area contributed by atoms with Crippen molar-refractivity contribution in [1.29, 1.82) is 0 Å². The molecule has 0 bridgehead atoms. The van der Waals surface area contributed by atoms with Gasteiger partial charge in [-0.1, -0.05) is 32.0 Å². The molecule has 1 aliphatic rings. The fraction of sp³-hybridized carbons (Fsp3) is 0.500. The summed E-state index contributed by atoms with van der Waals surface area (Å²) in [4.78, 5) is 25.4. The Morgan fingerprint density at radius 3 is 2.40 bits per heavy atom. The second-order valence-electron chi connectivity index (χ2n) is 6.32. The van der Waals surface area contributed by atoms with Crippen LogP contribution in [0.2, 0.25) is 0 Å². The number of rotatable bonds is 3. The van der Waals surface area contributed by atoms with Crippen LogP contribution >= 0.6 is 0 Å². The molecule has 20 heavy (non-hydrogen) atoms. The molecule has 1 aromatic rings. The summed E-state index contributed by atoms with van der Waals surface area (Å²) in [6, 6.07) is 5.66. The van der Waals surface area contributed by atoms with Crippen LogP contribution < -0.4 is 5.73 Å². The molecular weight excluding hydrogens is 252 g/mol. The number of likely N-dealkylation sites (tertiary alicyclic amines) is 1. The first-order valence-corrected chi connectivity index (χ1v) is 6.90. The van der Waals surface area contributed by atoms with E-state index in [1.807, 2.05) is 32.0 Å². The number of imide groups is 1. The van der Waals surface area contributed by atoms with Crippen LogP contribution in [0.3, 0.4) is 0 Å². The zero-order chi connectivity index (χ0) is 15.1. The third-order valence-electron chi connectivity index (χ3n) is 4.06. The highest BCUT2D eigenvalue weighted by atomic mass is 16.2. The summed E-state index contributed by atoms with van der Waals surface area (Å²) in [5.41, 5.74) is 8.89. The highest BCUT2D eigenvalue weighted by molar-refractivity contribution is 6.05. The minimum absolute atomic E-state index is 0.123. The van der Waals surface area contributed by atoms with Crippen LogP contribution in [0, 0.1) is 19.3 Å². The van der Waals surface area contributed by atoms with Gasteiger partial charge in [0.25, 0.3) is 0 Å². The van der Waals surface area contributed by atoms with Crippen molar-refractivity contribution >= 4 is 11.8 Å². The molecule has 1 fully saturated rings. The Kier molecular flexibility index (Phi) is 3.69. The van der Waals surface area contributed by atoms with Crippen LogP contribution in [0.5, 0.6) is 0 Å². The van der Waals surface area contributed by atoms with Gasteiger partial charge in [-0.05, 0) is 30.5 Å². The number of nitrogens with two attached hydrogens (primary N) is 1. The van der Waals surface area contributed by atoms with E-state index in [2.05, 4.69) is 0 Å². The van der Waals surface area contributed by atoms with E-state index >= 15 is 0 Å². The molecule has 1 saturated heterocycles. The summed E-state index contributed by atoms with van der Waals surface area (Å²) in [6.45, 7) is 7.93. The Morgan fingerprint density at radius 2 is 1.90 bits per heavy atom. The summed E-state index contributed by atoms with van der Waals surface area (Å²) in [7, 11) is 0. The van der Waals surface area contributed by atoms with Crippen molar-refractivity contribution in [3.63, 3.8) is 0 Å². The Hall–Kier alpha value is -1.68. The smallest absolute Gasteiger partial charge is 0.235 e. The fourth-order valence-corrected chi connectivity index (χ4v) is 2.51. The number of hydrogen-bond donors (Lipinski definition) is 1. The molecule has 0 spiro atoms. The van der Waals surface area contributed by atoms with Crippen molar-refractivity contribution < 1.29 is 9.59 Å². The maximum Gasteiger partial charge on any atom is 0.235 e. The van der Waals surface area contributed by atoms with Crippen LogP contribution in [-0.2, 0) is 9.59 Å². The van der Waals surface area contributed by atoms with E-state index in [0.29, 0.717) is 0 Å². The monoisotopic (exact) mass is 274 g/mol. The van der Waals surface area contributed by atoms with Crippen molar-refractivity contribution in [2.24, 2.45) is 11.1 Å². The van der Waals surface area contributed by atoms with Gasteiger partial charge in [0.05, 0.1) is 5.41 Å². The van der Waals surface area contributed by atoms with Crippen LogP contribution in [0.15, 0.2) is 18.2 Å². The molecule has 4 nitrogen and oxygen atoms in total. The molecule has 0 aliphatic carbocycles. The SMILES string of the molecule is Cc1ccc(C(N)CN2C(=O)CC(C)(C)C2=O)cc1C. The third-order valence-corrected chi connectivity index (χ3v) is 4.06. The highest BCUT2D eigenvalue weighted by Crippen LogP contribution is 2.32. The van der Waals surface area contributed by atoms with Gasteiger partial charge in [0.15, 0.2) is 0 Å². The molecule has 0 radical (unpaired) electrons. The predicted molar refractivity (Wildman–Crippen MR) is 78.0 cm³/mol. The second-order valence-corrected chi connectivity index (χ2v) is 6.32. The van der Waals surface area contributed by atoms with Crippen LogP contribution in [0.25, 0.3) is 0 Å². The summed E-state index contributed by atoms with van der Waals surface area (Å²) < 4.78 is 0. The van der Waals surface area contributed by atoms with Crippen molar-refractivity contribution in [2.45, 2.75) is 40.2 Å². The van der Waals surface area contributed by atoms with E-state index in [9.17, 15) is 9.59 Å². The number of carbonyl (C=O) groups excluding carboxylic acids is 2. The van der Waals surface area contributed by atoms with E-state index in [1.165, 1.54) is 10.5 Å². The van der Waals surface area contributed by atoms with Crippen molar-refractivity contribution in [3.05, 3.63) is 34.9 Å². The molecule has 2 rings (SSSR count). The maximum atomic E-state index is 12.2. The zero-order valence-electron chi connectivity index (χ0n) is 12.6. The summed E-state index contributed by atoms with van der Waals surface area (Å²) >= 11 is 0. The van der Waals surface area contributed by atoms with E-state index in [4.69, 9.17) is 5.73 Å². The molecule has 1 heterocycles. The lowest BCUT2D eigenvalue weighted by molar-refractivity contribution is -0.141. The van der Waals surface area contributed by atoms with Gasteiger partial charge < -0.3 is 5.73 Å². The Balaban J connectivity index is 2.15. The normalized spacial score (nSPS) is 19.6. The summed E-state index contributed by atoms with van der Waals surface area (Å²) in [5, 5.41) is 0. The van der Waals surface area contributed by atoms with Gasteiger partial charge in [-0.2, -0.15) is 0 Å².